The highest BCUT2D eigenvalue weighted by Crippen LogP contribution is 2.45. The molecule has 0 saturated heterocycles. The molecular weight excluding hydrogens is 217 g/mol. The summed E-state index contributed by atoms with van der Waals surface area (Å²) in [5, 5.41) is 0. The highest BCUT2D eigenvalue weighted by Gasteiger charge is 2.40. The van der Waals surface area contributed by atoms with Crippen LogP contribution in [0.1, 0.15) is 46.0 Å². The predicted molar refractivity (Wildman–Crippen MR) is 57.5 cm³/mol. The second-order valence-electron chi connectivity index (χ2n) is 5.41. The molecule has 0 aromatic heterocycles. The Kier molecular flexibility index (Phi) is 4.23. The first-order valence-corrected chi connectivity index (χ1v) is 5.79. The first kappa shape index (κ1) is 13.8. The molecule has 1 saturated carbocycles. The van der Waals surface area contributed by atoms with Crippen molar-refractivity contribution in [3.8, 4) is 0 Å². The van der Waals surface area contributed by atoms with Gasteiger partial charge in [-0.3, -0.25) is 11.3 Å². The van der Waals surface area contributed by atoms with E-state index in [4.69, 9.17) is 5.84 Å². The molecule has 1 fully saturated rings. The van der Waals surface area contributed by atoms with Crippen molar-refractivity contribution in [1.29, 1.82) is 0 Å². The highest BCUT2D eigenvalue weighted by atomic mass is 19.4. The van der Waals surface area contributed by atoms with Gasteiger partial charge in [-0.15, -0.1) is 0 Å². The highest BCUT2D eigenvalue weighted by molar-refractivity contribution is 4.91. The van der Waals surface area contributed by atoms with Gasteiger partial charge >= 0.3 is 6.18 Å². The molecule has 0 aromatic carbocycles. The molecule has 2 nitrogen and oxygen atoms in total. The van der Waals surface area contributed by atoms with Crippen molar-refractivity contribution >= 4 is 0 Å². The lowest BCUT2D eigenvalue weighted by Gasteiger charge is -2.34. The molecule has 5 heteroatoms. The number of rotatable bonds is 4. The van der Waals surface area contributed by atoms with Crippen molar-refractivity contribution in [3.05, 3.63) is 0 Å². The minimum atomic E-state index is -4.09. The number of nitrogens with two attached hydrogens (primary N) is 1. The Bertz CT molecular complexity index is 226. The molecule has 96 valence electrons. The normalized spacial score (nSPS) is 27.0. The Morgan fingerprint density at radius 3 is 2.44 bits per heavy atom. The summed E-state index contributed by atoms with van der Waals surface area (Å²) in [7, 11) is 0. The van der Waals surface area contributed by atoms with Gasteiger partial charge in [0.15, 0.2) is 0 Å². The van der Waals surface area contributed by atoms with Crippen molar-refractivity contribution in [2.75, 3.05) is 0 Å². The van der Waals surface area contributed by atoms with Crippen molar-refractivity contribution in [3.63, 3.8) is 0 Å². The van der Waals surface area contributed by atoms with Crippen LogP contribution in [0.5, 0.6) is 0 Å². The molecule has 0 aromatic rings. The SMILES string of the molecule is CC1(C)CCCC1C(CCC(F)(F)F)NN. The molecule has 1 aliphatic carbocycles. The molecular formula is C11H21F3N2. The molecule has 16 heavy (non-hydrogen) atoms. The Balaban J connectivity index is 2.54. The van der Waals surface area contributed by atoms with Crippen LogP contribution in [-0.2, 0) is 0 Å². The van der Waals surface area contributed by atoms with Crippen molar-refractivity contribution in [2.24, 2.45) is 17.2 Å². The van der Waals surface area contributed by atoms with Gasteiger partial charge in [-0.25, -0.2) is 0 Å². The molecule has 0 bridgehead atoms. The molecule has 0 radical (unpaired) electrons. The van der Waals surface area contributed by atoms with Crippen molar-refractivity contribution in [2.45, 2.75) is 58.2 Å². The quantitative estimate of drug-likeness (QED) is 0.583. The third kappa shape index (κ3) is 3.63. The van der Waals surface area contributed by atoms with E-state index in [2.05, 4.69) is 19.3 Å². The fourth-order valence-electron chi connectivity index (χ4n) is 2.82. The zero-order chi connectivity index (χ0) is 12.4. The lowest BCUT2D eigenvalue weighted by atomic mass is 9.76. The maximum atomic E-state index is 12.2. The zero-order valence-electron chi connectivity index (χ0n) is 9.90. The molecule has 2 unspecified atom stereocenters. The van der Waals surface area contributed by atoms with Crippen LogP contribution in [0, 0.1) is 11.3 Å². The number of alkyl halides is 3. The van der Waals surface area contributed by atoms with Gasteiger partial charge in [0.25, 0.3) is 0 Å². The number of hydrazine groups is 1. The van der Waals surface area contributed by atoms with E-state index in [0.717, 1.165) is 19.3 Å². The Morgan fingerprint density at radius 2 is 2.06 bits per heavy atom. The third-order valence-corrected chi connectivity index (χ3v) is 3.78. The summed E-state index contributed by atoms with van der Waals surface area (Å²) in [6.07, 6.45) is -1.64. The van der Waals surface area contributed by atoms with Gasteiger partial charge in [0, 0.05) is 12.5 Å². The minimum Gasteiger partial charge on any atom is -0.271 e. The van der Waals surface area contributed by atoms with Crippen LogP contribution < -0.4 is 11.3 Å². The second kappa shape index (κ2) is 4.92. The van der Waals surface area contributed by atoms with Crippen LogP contribution in [0.25, 0.3) is 0 Å². The van der Waals surface area contributed by atoms with Crippen LogP contribution in [0.15, 0.2) is 0 Å². The van der Waals surface area contributed by atoms with Crippen LogP contribution in [0.2, 0.25) is 0 Å². The van der Waals surface area contributed by atoms with E-state index in [1.165, 1.54) is 0 Å². The van der Waals surface area contributed by atoms with E-state index in [1.807, 2.05) is 0 Å². The van der Waals surface area contributed by atoms with E-state index in [0.29, 0.717) is 0 Å². The van der Waals surface area contributed by atoms with E-state index < -0.39 is 12.6 Å². The van der Waals surface area contributed by atoms with Gasteiger partial charge in [-0.05, 0) is 30.6 Å². The van der Waals surface area contributed by atoms with Crippen molar-refractivity contribution < 1.29 is 13.2 Å². The molecule has 2 atom stereocenters. The molecule has 1 rings (SSSR count). The molecule has 0 aliphatic heterocycles. The summed E-state index contributed by atoms with van der Waals surface area (Å²) in [5.41, 5.74) is 2.67. The van der Waals surface area contributed by atoms with Gasteiger partial charge in [-0.2, -0.15) is 13.2 Å². The van der Waals surface area contributed by atoms with Crippen LogP contribution in [0.4, 0.5) is 13.2 Å². The van der Waals surface area contributed by atoms with E-state index in [-0.39, 0.29) is 23.8 Å². The van der Waals surface area contributed by atoms with Gasteiger partial charge in [0.05, 0.1) is 0 Å². The number of nitrogens with one attached hydrogen (secondary N) is 1. The van der Waals surface area contributed by atoms with Gasteiger partial charge in [0.2, 0.25) is 0 Å². The first-order valence-electron chi connectivity index (χ1n) is 5.79. The summed E-state index contributed by atoms with van der Waals surface area (Å²) < 4.78 is 36.5. The topological polar surface area (TPSA) is 38.0 Å². The monoisotopic (exact) mass is 238 g/mol. The second-order valence-corrected chi connectivity index (χ2v) is 5.41. The fraction of sp³-hybridized carbons (Fsp3) is 1.00. The Labute approximate surface area is 94.7 Å². The molecule has 1 aliphatic rings. The van der Waals surface area contributed by atoms with Gasteiger partial charge < -0.3 is 0 Å². The van der Waals surface area contributed by atoms with Gasteiger partial charge in [-0.1, -0.05) is 20.3 Å². The smallest absolute Gasteiger partial charge is 0.271 e. The number of halogens is 3. The Hall–Kier alpha value is -0.290. The zero-order valence-corrected chi connectivity index (χ0v) is 9.90. The number of hydrogen-bond acceptors (Lipinski definition) is 2. The standard InChI is InChI=1S/C11H21F3N2/c1-10(2)6-3-4-8(10)9(16-15)5-7-11(12,13)14/h8-9,16H,3-7,15H2,1-2H3. The summed E-state index contributed by atoms with van der Waals surface area (Å²) in [5.74, 6) is 5.64. The molecule has 0 spiro atoms. The van der Waals surface area contributed by atoms with E-state index in [1.54, 1.807) is 0 Å². The summed E-state index contributed by atoms with van der Waals surface area (Å²) >= 11 is 0. The van der Waals surface area contributed by atoms with Crippen LogP contribution >= 0.6 is 0 Å². The molecule has 0 amide bonds. The fourth-order valence-corrected chi connectivity index (χ4v) is 2.82. The lowest BCUT2D eigenvalue weighted by molar-refractivity contribution is -0.137. The van der Waals surface area contributed by atoms with E-state index >= 15 is 0 Å². The Morgan fingerprint density at radius 1 is 1.44 bits per heavy atom. The van der Waals surface area contributed by atoms with E-state index in [9.17, 15) is 13.2 Å². The maximum absolute atomic E-state index is 12.2. The maximum Gasteiger partial charge on any atom is 0.389 e. The van der Waals surface area contributed by atoms with Gasteiger partial charge in [0.1, 0.15) is 0 Å². The van der Waals surface area contributed by atoms with Crippen LogP contribution in [0.3, 0.4) is 0 Å². The molecule has 0 heterocycles. The molecule has 3 N–H and O–H groups in total. The average molecular weight is 238 g/mol. The largest absolute Gasteiger partial charge is 0.389 e. The first-order chi connectivity index (χ1) is 7.26. The number of hydrogen-bond donors (Lipinski definition) is 2. The third-order valence-electron chi connectivity index (χ3n) is 3.78. The van der Waals surface area contributed by atoms with Crippen molar-refractivity contribution in [1.82, 2.24) is 5.43 Å². The predicted octanol–water partition coefficient (Wildman–Crippen LogP) is 2.99. The minimum absolute atomic E-state index is 0.0775. The average Bonchev–Trinajstić information content (AvgIpc) is 2.46. The van der Waals surface area contributed by atoms with Crippen LogP contribution in [-0.4, -0.2) is 12.2 Å². The lowest BCUT2D eigenvalue weighted by Crippen LogP contribution is -2.45. The summed E-state index contributed by atoms with van der Waals surface area (Å²) in [6.45, 7) is 4.23. The summed E-state index contributed by atoms with van der Waals surface area (Å²) in [6, 6.07) is -0.223. The summed E-state index contributed by atoms with van der Waals surface area (Å²) in [4.78, 5) is 0.